The van der Waals surface area contributed by atoms with Crippen molar-refractivity contribution in [1.29, 1.82) is 0 Å². The van der Waals surface area contributed by atoms with Crippen LogP contribution in [0.3, 0.4) is 0 Å². The fourth-order valence-electron chi connectivity index (χ4n) is 3.58. The van der Waals surface area contributed by atoms with Gasteiger partial charge in [0.2, 0.25) is 0 Å². The number of phenols is 1. The van der Waals surface area contributed by atoms with E-state index in [2.05, 4.69) is 65.9 Å². The molecule has 3 aromatic rings. The highest BCUT2D eigenvalue weighted by Gasteiger charge is 2.27. The van der Waals surface area contributed by atoms with E-state index >= 15 is 0 Å². The molecular formula is C23H21NOS2. The first kappa shape index (κ1) is 18.1. The lowest BCUT2D eigenvalue weighted by atomic mass is 9.91. The van der Waals surface area contributed by atoms with Gasteiger partial charge in [-0.1, -0.05) is 48.5 Å². The van der Waals surface area contributed by atoms with Crippen molar-refractivity contribution in [3.05, 3.63) is 93.7 Å². The summed E-state index contributed by atoms with van der Waals surface area (Å²) in [5.41, 5.74) is 7.48. The van der Waals surface area contributed by atoms with Gasteiger partial charge in [0.1, 0.15) is 5.75 Å². The van der Waals surface area contributed by atoms with Crippen molar-refractivity contribution in [2.45, 2.75) is 6.54 Å². The molecule has 1 aliphatic heterocycles. The van der Waals surface area contributed by atoms with Crippen LogP contribution in [0.25, 0.3) is 5.57 Å². The van der Waals surface area contributed by atoms with Gasteiger partial charge in [-0.05, 0) is 42.3 Å². The van der Waals surface area contributed by atoms with Crippen LogP contribution in [-0.4, -0.2) is 17.6 Å². The minimum absolute atomic E-state index is 0.299. The number of para-hydroxylation sites is 2. The first-order valence-electron chi connectivity index (χ1n) is 8.79. The highest BCUT2D eigenvalue weighted by Crippen LogP contribution is 2.49. The van der Waals surface area contributed by atoms with E-state index in [-0.39, 0.29) is 0 Å². The molecule has 0 radical (unpaired) electrons. The molecule has 1 N–H and O–H groups in total. The van der Waals surface area contributed by atoms with Crippen molar-refractivity contribution < 1.29 is 5.11 Å². The van der Waals surface area contributed by atoms with Crippen LogP contribution in [0, 0.1) is 0 Å². The molecule has 0 amide bonds. The van der Waals surface area contributed by atoms with Gasteiger partial charge in [0.15, 0.2) is 0 Å². The van der Waals surface area contributed by atoms with Crippen LogP contribution in [0.15, 0.2) is 77.0 Å². The molecule has 0 aliphatic carbocycles. The summed E-state index contributed by atoms with van der Waals surface area (Å²) in [5, 5.41) is 9.60. The molecule has 0 unspecified atom stereocenters. The molecule has 1 aliphatic rings. The Balaban J connectivity index is 1.91. The molecule has 0 saturated heterocycles. The van der Waals surface area contributed by atoms with Gasteiger partial charge in [0, 0.05) is 38.9 Å². The second-order valence-corrected chi connectivity index (χ2v) is 8.25. The standard InChI is InChI=1S/C23H21NOS2/c1-26-23(27-2)22-18-7-3-5-9-20(18)24(21-10-6-4-8-19(21)22)15-16-11-13-17(25)14-12-16/h3-14,25H,15H2,1-2H3. The van der Waals surface area contributed by atoms with Crippen LogP contribution in [-0.2, 0) is 6.54 Å². The van der Waals surface area contributed by atoms with Crippen molar-refractivity contribution in [2.24, 2.45) is 0 Å². The zero-order valence-electron chi connectivity index (χ0n) is 15.3. The Kier molecular flexibility index (Phi) is 5.19. The predicted octanol–water partition coefficient (Wildman–Crippen LogP) is 6.49. The summed E-state index contributed by atoms with van der Waals surface area (Å²) in [6, 6.07) is 24.7. The molecule has 0 bridgehead atoms. The van der Waals surface area contributed by atoms with E-state index < -0.39 is 0 Å². The van der Waals surface area contributed by atoms with Gasteiger partial charge in [-0.3, -0.25) is 0 Å². The summed E-state index contributed by atoms with van der Waals surface area (Å²) in [6.45, 7) is 0.759. The molecule has 136 valence electrons. The van der Waals surface area contributed by atoms with Crippen LogP contribution in [0.4, 0.5) is 11.4 Å². The fourth-order valence-corrected chi connectivity index (χ4v) is 5.09. The minimum atomic E-state index is 0.299. The lowest BCUT2D eigenvalue weighted by molar-refractivity contribution is 0.475. The van der Waals surface area contributed by atoms with Gasteiger partial charge < -0.3 is 10.0 Å². The van der Waals surface area contributed by atoms with E-state index in [9.17, 15) is 5.11 Å². The number of aromatic hydroxyl groups is 1. The zero-order chi connectivity index (χ0) is 18.8. The molecule has 0 saturated carbocycles. The first-order valence-corrected chi connectivity index (χ1v) is 11.2. The molecule has 27 heavy (non-hydrogen) atoms. The van der Waals surface area contributed by atoms with Crippen molar-refractivity contribution in [1.82, 2.24) is 0 Å². The summed E-state index contributed by atoms with van der Waals surface area (Å²) < 4.78 is 1.33. The third-order valence-electron chi connectivity index (χ3n) is 4.78. The maximum atomic E-state index is 9.60. The number of rotatable bonds is 4. The highest BCUT2D eigenvalue weighted by atomic mass is 32.2. The number of hydrogen-bond donors (Lipinski definition) is 1. The summed E-state index contributed by atoms with van der Waals surface area (Å²) in [6.07, 6.45) is 4.29. The maximum Gasteiger partial charge on any atom is 0.115 e. The molecule has 4 heteroatoms. The third-order valence-corrected chi connectivity index (χ3v) is 6.93. The number of phenolic OH excluding ortho intramolecular Hbond substituents is 1. The average molecular weight is 392 g/mol. The molecule has 3 aromatic carbocycles. The van der Waals surface area contributed by atoms with E-state index in [4.69, 9.17) is 0 Å². The summed E-state index contributed by atoms with van der Waals surface area (Å²) in [7, 11) is 0. The van der Waals surface area contributed by atoms with Crippen LogP contribution >= 0.6 is 23.5 Å². The molecule has 4 rings (SSSR count). The Labute approximate surface area is 168 Å². The Hall–Kier alpha value is -2.30. The Morgan fingerprint density at radius 3 is 1.81 bits per heavy atom. The molecule has 0 atom stereocenters. The quantitative estimate of drug-likeness (QED) is 0.549. The van der Waals surface area contributed by atoms with Crippen LogP contribution < -0.4 is 4.90 Å². The average Bonchev–Trinajstić information content (AvgIpc) is 2.72. The van der Waals surface area contributed by atoms with E-state index in [1.165, 1.54) is 37.9 Å². The van der Waals surface area contributed by atoms with Gasteiger partial charge in [0.05, 0.1) is 0 Å². The monoisotopic (exact) mass is 391 g/mol. The van der Waals surface area contributed by atoms with Crippen molar-refractivity contribution in [3.63, 3.8) is 0 Å². The topological polar surface area (TPSA) is 23.5 Å². The third kappa shape index (κ3) is 3.35. The Morgan fingerprint density at radius 1 is 0.778 bits per heavy atom. The van der Waals surface area contributed by atoms with Gasteiger partial charge in [-0.2, -0.15) is 0 Å². The number of fused-ring (bicyclic) bond motifs is 2. The van der Waals surface area contributed by atoms with E-state index in [0.717, 1.165) is 6.54 Å². The molecule has 0 aromatic heterocycles. The normalized spacial score (nSPS) is 12.5. The summed E-state index contributed by atoms with van der Waals surface area (Å²) in [4.78, 5) is 2.37. The molecule has 0 fully saturated rings. The number of nitrogens with zero attached hydrogens (tertiary/aromatic N) is 1. The Bertz CT molecular complexity index is 940. The van der Waals surface area contributed by atoms with Gasteiger partial charge >= 0.3 is 0 Å². The molecular weight excluding hydrogens is 370 g/mol. The van der Waals surface area contributed by atoms with Crippen molar-refractivity contribution in [2.75, 3.05) is 17.4 Å². The lowest BCUT2D eigenvalue weighted by Crippen LogP contribution is -2.22. The maximum absolute atomic E-state index is 9.60. The lowest BCUT2D eigenvalue weighted by Gasteiger charge is -2.35. The summed E-state index contributed by atoms with van der Waals surface area (Å²) in [5.74, 6) is 0.299. The second-order valence-electron chi connectivity index (χ2n) is 6.36. The molecule has 2 nitrogen and oxygen atoms in total. The van der Waals surface area contributed by atoms with Crippen molar-refractivity contribution >= 4 is 40.5 Å². The van der Waals surface area contributed by atoms with Gasteiger partial charge in [0.25, 0.3) is 0 Å². The van der Waals surface area contributed by atoms with E-state index in [1.54, 1.807) is 35.7 Å². The van der Waals surface area contributed by atoms with Gasteiger partial charge in [-0.15, -0.1) is 23.5 Å². The number of thioether (sulfide) groups is 2. The Morgan fingerprint density at radius 2 is 1.30 bits per heavy atom. The van der Waals surface area contributed by atoms with Crippen LogP contribution in [0.1, 0.15) is 16.7 Å². The smallest absolute Gasteiger partial charge is 0.115 e. The van der Waals surface area contributed by atoms with Crippen molar-refractivity contribution in [3.8, 4) is 5.75 Å². The van der Waals surface area contributed by atoms with Crippen LogP contribution in [0.2, 0.25) is 0 Å². The molecule has 1 heterocycles. The van der Waals surface area contributed by atoms with Crippen LogP contribution in [0.5, 0.6) is 5.75 Å². The van der Waals surface area contributed by atoms with Gasteiger partial charge in [-0.25, -0.2) is 0 Å². The van der Waals surface area contributed by atoms with E-state index in [0.29, 0.717) is 5.75 Å². The predicted molar refractivity (Wildman–Crippen MR) is 120 cm³/mol. The summed E-state index contributed by atoms with van der Waals surface area (Å²) >= 11 is 3.61. The molecule has 0 spiro atoms. The highest BCUT2D eigenvalue weighted by molar-refractivity contribution is 8.21. The van der Waals surface area contributed by atoms with E-state index in [1.807, 2.05) is 12.1 Å². The zero-order valence-corrected chi connectivity index (χ0v) is 17.0. The SMILES string of the molecule is CSC(SC)=C1c2ccccc2N(Cc2ccc(O)cc2)c2ccccc21. The fraction of sp³-hybridized carbons (Fsp3) is 0.130. The minimum Gasteiger partial charge on any atom is -0.508 e. The second kappa shape index (κ2) is 7.75. The largest absolute Gasteiger partial charge is 0.508 e. The number of hydrogen-bond acceptors (Lipinski definition) is 4. The number of anilines is 2. The first-order chi connectivity index (χ1) is 13.2. The number of benzene rings is 3.